The van der Waals surface area contributed by atoms with Crippen LogP contribution in [0.15, 0.2) is 12.1 Å². The zero-order valence-electron chi connectivity index (χ0n) is 12.7. The van der Waals surface area contributed by atoms with Crippen molar-refractivity contribution in [3.63, 3.8) is 0 Å². The van der Waals surface area contributed by atoms with Gasteiger partial charge in [0.15, 0.2) is 5.00 Å². The lowest BCUT2D eigenvalue weighted by Crippen LogP contribution is -2.44. The van der Waals surface area contributed by atoms with Crippen LogP contribution in [0.2, 0.25) is 0 Å². The van der Waals surface area contributed by atoms with E-state index in [-0.39, 0.29) is 10.6 Å². The molecule has 0 aliphatic carbocycles. The number of esters is 1. The molecule has 7 nitrogen and oxygen atoms in total. The zero-order chi connectivity index (χ0) is 16.1. The molecular formula is C14H19N3O4S. The van der Waals surface area contributed by atoms with Crippen LogP contribution in [0.4, 0.5) is 10.7 Å². The highest BCUT2D eigenvalue weighted by Crippen LogP contribution is 2.38. The van der Waals surface area contributed by atoms with Gasteiger partial charge in [-0.05, 0) is 20.0 Å². The largest absolute Gasteiger partial charge is 0.463 e. The van der Waals surface area contributed by atoms with E-state index >= 15 is 0 Å². The van der Waals surface area contributed by atoms with Crippen LogP contribution in [0.25, 0.3) is 6.08 Å². The number of nitro groups is 1. The number of carbonyl (C=O) groups is 1. The van der Waals surface area contributed by atoms with Crippen LogP contribution in [0.1, 0.15) is 11.8 Å². The highest BCUT2D eigenvalue weighted by Gasteiger charge is 2.25. The van der Waals surface area contributed by atoms with Gasteiger partial charge in [0.25, 0.3) is 0 Å². The molecule has 0 aromatic carbocycles. The first-order valence-electron chi connectivity index (χ1n) is 7.07. The standard InChI is InChI=1S/C14H19N3O4S/c1-3-21-13(18)5-4-11-10-12(17(19)20)14(22-11)16-8-6-15(2)7-9-16/h4-5,10H,3,6-9H2,1-2H3/b5-4+. The van der Waals surface area contributed by atoms with Gasteiger partial charge >= 0.3 is 11.7 Å². The van der Waals surface area contributed by atoms with Crippen LogP contribution in [0, 0.1) is 10.1 Å². The van der Waals surface area contributed by atoms with E-state index in [0.29, 0.717) is 16.5 Å². The number of thiophene rings is 1. The van der Waals surface area contributed by atoms with Crippen LogP contribution in [-0.2, 0) is 9.53 Å². The molecule has 0 radical (unpaired) electrons. The van der Waals surface area contributed by atoms with E-state index in [2.05, 4.69) is 4.90 Å². The Balaban J connectivity index is 2.19. The van der Waals surface area contributed by atoms with Gasteiger partial charge in [0.1, 0.15) is 0 Å². The summed E-state index contributed by atoms with van der Waals surface area (Å²) >= 11 is 1.33. The quantitative estimate of drug-likeness (QED) is 0.357. The average molecular weight is 325 g/mol. The highest BCUT2D eigenvalue weighted by molar-refractivity contribution is 7.17. The normalized spacial score (nSPS) is 16.2. The zero-order valence-corrected chi connectivity index (χ0v) is 13.5. The summed E-state index contributed by atoms with van der Waals surface area (Å²) < 4.78 is 4.81. The lowest BCUT2D eigenvalue weighted by atomic mass is 10.3. The summed E-state index contributed by atoms with van der Waals surface area (Å²) in [5.74, 6) is -0.445. The lowest BCUT2D eigenvalue weighted by molar-refractivity contribution is -0.383. The average Bonchev–Trinajstić information content (AvgIpc) is 2.91. The SMILES string of the molecule is CCOC(=O)/C=C/c1cc([N+](=O)[O-])c(N2CCN(C)CC2)s1. The molecule has 1 aliphatic heterocycles. The number of carbonyl (C=O) groups excluding carboxylic acids is 1. The maximum Gasteiger partial charge on any atom is 0.330 e. The summed E-state index contributed by atoms with van der Waals surface area (Å²) in [6.07, 6.45) is 2.86. The number of anilines is 1. The van der Waals surface area contributed by atoms with E-state index in [9.17, 15) is 14.9 Å². The van der Waals surface area contributed by atoms with Gasteiger partial charge in [0, 0.05) is 43.2 Å². The van der Waals surface area contributed by atoms with Crippen LogP contribution in [0.5, 0.6) is 0 Å². The molecular weight excluding hydrogens is 306 g/mol. The van der Waals surface area contributed by atoms with Crippen molar-refractivity contribution in [2.75, 3.05) is 44.7 Å². The maximum absolute atomic E-state index is 11.3. The Hall–Kier alpha value is -1.93. The highest BCUT2D eigenvalue weighted by atomic mass is 32.1. The summed E-state index contributed by atoms with van der Waals surface area (Å²) in [7, 11) is 2.04. The molecule has 0 amide bonds. The first kappa shape index (κ1) is 16.4. The van der Waals surface area contributed by atoms with E-state index in [0.717, 1.165) is 26.2 Å². The minimum Gasteiger partial charge on any atom is -0.463 e. The third-order valence-corrected chi connectivity index (χ3v) is 4.52. The Morgan fingerprint density at radius 2 is 2.14 bits per heavy atom. The molecule has 0 atom stereocenters. The van der Waals surface area contributed by atoms with Gasteiger partial charge in [-0.1, -0.05) is 0 Å². The predicted molar refractivity (Wildman–Crippen MR) is 86.4 cm³/mol. The van der Waals surface area contributed by atoms with Crippen LogP contribution < -0.4 is 4.90 Å². The van der Waals surface area contributed by atoms with Crippen LogP contribution >= 0.6 is 11.3 Å². The molecule has 2 rings (SSSR count). The van der Waals surface area contributed by atoms with Crippen LogP contribution in [0.3, 0.4) is 0 Å². The second kappa shape index (κ2) is 7.37. The molecule has 120 valence electrons. The summed E-state index contributed by atoms with van der Waals surface area (Å²) in [5, 5.41) is 11.9. The van der Waals surface area contributed by atoms with Crippen molar-refractivity contribution in [3.05, 3.63) is 27.1 Å². The van der Waals surface area contributed by atoms with E-state index in [4.69, 9.17) is 4.74 Å². The monoisotopic (exact) mass is 325 g/mol. The summed E-state index contributed by atoms with van der Waals surface area (Å²) in [6.45, 7) is 5.32. The molecule has 0 spiro atoms. The number of rotatable bonds is 5. The number of hydrogen-bond acceptors (Lipinski definition) is 7. The molecule has 22 heavy (non-hydrogen) atoms. The van der Waals surface area contributed by atoms with Gasteiger partial charge in [-0.2, -0.15) is 0 Å². The summed E-state index contributed by atoms with van der Waals surface area (Å²) in [5.41, 5.74) is 0.0954. The van der Waals surface area contributed by atoms with Crippen molar-refractivity contribution in [1.82, 2.24) is 4.90 Å². The van der Waals surface area contributed by atoms with Crippen molar-refractivity contribution in [2.45, 2.75) is 6.92 Å². The lowest BCUT2D eigenvalue weighted by Gasteiger charge is -2.32. The van der Waals surface area contributed by atoms with Gasteiger partial charge in [-0.3, -0.25) is 10.1 Å². The van der Waals surface area contributed by atoms with E-state index < -0.39 is 5.97 Å². The first-order chi connectivity index (χ1) is 10.5. The van der Waals surface area contributed by atoms with Gasteiger partial charge in [-0.15, -0.1) is 11.3 Å². The fourth-order valence-electron chi connectivity index (χ4n) is 2.18. The number of hydrogen-bond donors (Lipinski definition) is 0. The van der Waals surface area contributed by atoms with Crippen molar-refractivity contribution >= 4 is 34.1 Å². The Kier molecular flexibility index (Phi) is 5.51. The van der Waals surface area contributed by atoms with Crippen molar-refractivity contribution in [3.8, 4) is 0 Å². The minimum absolute atomic E-state index is 0.0954. The molecule has 1 aliphatic rings. The van der Waals surface area contributed by atoms with E-state index in [1.165, 1.54) is 23.5 Å². The fraction of sp³-hybridized carbons (Fsp3) is 0.500. The van der Waals surface area contributed by atoms with Gasteiger partial charge in [0.2, 0.25) is 0 Å². The molecule has 0 N–H and O–H groups in total. The number of likely N-dealkylation sites (N-methyl/N-ethyl adjacent to an activating group) is 1. The molecule has 8 heteroatoms. The number of piperazine rings is 1. The van der Waals surface area contributed by atoms with Crippen molar-refractivity contribution in [1.29, 1.82) is 0 Å². The molecule has 1 aromatic heterocycles. The Morgan fingerprint density at radius 1 is 1.45 bits per heavy atom. The summed E-state index contributed by atoms with van der Waals surface area (Å²) in [4.78, 5) is 27.1. The number of ether oxygens (including phenoxy) is 1. The van der Waals surface area contributed by atoms with Crippen molar-refractivity contribution < 1.29 is 14.5 Å². The minimum atomic E-state index is -0.445. The molecule has 0 bridgehead atoms. The topological polar surface area (TPSA) is 75.9 Å². The van der Waals surface area contributed by atoms with E-state index in [1.807, 2.05) is 11.9 Å². The molecule has 0 unspecified atom stereocenters. The second-order valence-electron chi connectivity index (χ2n) is 4.97. The molecule has 1 fully saturated rings. The number of nitrogens with zero attached hydrogens (tertiary/aromatic N) is 3. The van der Waals surface area contributed by atoms with Gasteiger partial charge < -0.3 is 14.5 Å². The Bertz CT molecular complexity index is 577. The second-order valence-corrected chi connectivity index (χ2v) is 6.03. The molecule has 0 saturated carbocycles. The predicted octanol–water partition coefficient (Wildman–Crippen LogP) is 1.98. The Morgan fingerprint density at radius 3 is 2.73 bits per heavy atom. The third kappa shape index (κ3) is 4.05. The molecule has 1 saturated heterocycles. The fourth-order valence-corrected chi connectivity index (χ4v) is 3.26. The first-order valence-corrected chi connectivity index (χ1v) is 7.89. The molecule has 1 aromatic rings. The third-order valence-electron chi connectivity index (χ3n) is 3.37. The van der Waals surface area contributed by atoms with Crippen molar-refractivity contribution in [2.24, 2.45) is 0 Å². The van der Waals surface area contributed by atoms with Gasteiger partial charge in [-0.25, -0.2) is 4.79 Å². The van der Waals surface area contributed by atoms with Gasteiger partial charge in [0.05, 0.1) is 11.5 Å². The molecule has 2 heterocycles. The smallest absolute Gasteiger partial charge is 0.330 e. The van der Waals surface area contributed by atoms with Crippen LogP contribution in [-0.4, -0.2) is 55.6 Å². The maximum atomic E-state index is 11.3. The Labute approximate surface area is 132 Å². The van der Waals surface area contributed by atoms with E-state index in [1.54, 1.807) is 13.0 Å². The summed E-state index contributed by atoms with van der Waals surface area (Å²) in [6, 6.07) is 1.51.